The van der Waals surface area contributed by atoms with E-state index in [1.54, 1.807) is 7.11 Å². The van der Waals surface area contributed by atoms with Gasteiger partial charge in [-0.25, -0.2) is 0 Å². The number of nitrogens with one attached hydrogen (secondary N) is 1. The van der Waals surface area contributed by atoms with E-state index in [1.807, 2.05) is 0 Å². The van der Waals surface area contributed by atoms with Crippen LogP contribution in [0, 0.1) is 10.1 Å². The van der Waals surface area contributed by atoms with Crippen molar-refractivity contribution in [3.63, 3.8) is 0 Å². The van der Waals surface area contributed by atoms with Crippen LogP contribution in [-0.2, 0) is 4.74 Å². The molecule has 1 aliphatic carbocycles. The second kappa shape index (κ2) is 5.87. The third-order valence-corrected chi connectivity index (χ3v) is 3.53. The molecular formula is C13H16N2O5. The summed E-state index contributed by atoms with van der Waals surface area (Å²) in [4.78, 5) is 22.1. The maximum atomic E-state index is 12.1. The molecule has 1 saturated carbocycles. The number of phenols is 1. The Morgan fingerprint density at radius 3 is 2.90 bits per heavy atom. The fourth-order valence-corrected chi connectivity index (χ4v) is 2.48. The molecule has 1 aromatic carbocycles. The highest BCUT2D eigenvalue weighted by Crippen LogP contribution is 2.30. The van der Waals surface area contributed by atoms with Crippen molar-refractivity contribution in [1.29, 1.82) is 0 Å². The van der Waals surface area contributed by atoms with Gasteiger partial charge in [0.2, 0.25) is 5.75 Å². The van der Waals surface area contributed by atoms with Crippen LogP contribution in [0.15, 0.2) is 18.2 Å². The van der Waals surface area contributed by atoms with E-state index in [4.69, 9.17) is 4.74 Å². The molecular weight excluding hydrogens is 264 g/mol. The summed E-state index contributed by atoms with van der Waals surface area (Å²) in [5.41, 5.74) is -0.576. The number of carbonyl (C=O) groups is 1. The Morgan fingerprint density at radius 2 is 2.25 bits per heavy atom. The number of hydrogen-bond donors (Lipinski definition) is 2. The molecule has 0 saturated heterocycles. The zero-order chi connectivity index (χ0) is 14.7. The number of ether oxygens (including phenoxy) is 1. The quantitative estimate of drug-likeness (QED) is 0.644. The van der Waals surface area contributed by atoms with Gasteiger partial charge in [0.1, 0.15) is 0 Å². The average Bonchev–Trinajstić information content (AvgIpc) is 2.85. The van der Waals surface area contributed by atoms with Crippen LogP contribution >= 0.6 is 0 Å². The molecule has 1 amide bonds. The number of nitro groups is 1. The Hall–Kier alpha value is -2.15. The van der Waals surface area contributed by atoms with Crippen LogP contribution in [0.3, 0.4) is 0 Å². The number of methoxy groups -OCH3 is 1. The molecule has 0 unspecified atom stereocenters. The second-order valence-electron chi connectivity index (χ2n) is 4.72. The summed E-state index contributed by atoms with van der Waals surface area (Å²) in [5.74, 6) is -1.14. The van der Waals surface area contributed by atoms with Crippen LogP contribution in [0.1, 0.15) is 29.6 Å². The molecule has 2 N–H and O–H groups in total. The molecule has 7 heteroatoms. The van der Waals surface area contributed by atoms with Gasteiger partial charge in [-0.2, -0.15) is 0 Å². The summed E-state index contributed by atoms with van der Waals surface area (Å²) in [6, 6.07) is 3.75. The summed E-state index contributed by atoms with van der Waals surface area (Å²) >= 11 is 0. The van der Waals surface area contributed by atoms with E-state index in [0.29, 0.717) is 0 Å². The summed E-state index contributed by atoms with van der Waals surface area (Å²) < 4.78 is 5.27. The molecule has 1 fully saturated rings. The van der Waals surface area contributed by atoms with Crippen molar-refractivity contribution in [2.45, 2.75) is 31.4 Å². The maximum absolute atomic E-state index is 12.1. The molecule has 1 aliphatic rings. The van der Waals surface area contributed by atoms with E-state index >= 15 is 0 Å². The number of nitro benzene ring substituents is 1. The summed E-state index contributed by atoms with van der Waals surface area (Å²) in [6.07, 6.45) is 2.55. The minimum Gasteiger partial charge on any atom is -0.502 e. The van der Waals surface area contributed by atoms with Crippen molar-refractivity contribution in [1.82, 2.24) is 5.32 Å². The molecule has 0 radical (unpaired) electrons. The lowest BCUT2D eigenvalue weighted by Gasteiger charge is -2.19. The number of aromatic hydroxyl groups is 1. The summed E-state index contributed by atoms with van der Waals surface area (Å²) in [6.45, 7) is 0. The molecule has 2 rings (SSSR count). The minimum absolute atomic E-state index is 0.0557. The van der Waals surface area contributed by atoms with Crippen LogP contribution in [0.2, 0.25) is 0 Å². The number of benzene rings is 1. The zero-order valence-corrected chi connectivity index (χ0v) is 11.0. The largest absolute Gasteiger partial charge is 0.502 e. The monoisotopic (exact) mass is 280 g/mol. The van der Waals surface area contributed by atoms with E-state index < -0.39 is 22.3 Å². The SMILES string of the molecule is CO[C@@H]1CCC[C@H]1NC(=O)c1cccc([N+](=O)[O-])c1O. The zero-order valence-electron chi connectivity index (χ0n) is 11.0. The first kappa shape index (κ1) is 14.3. The van der Waals surface area contributed by atoms with Crippen LogP contribution in [0.5, 0.6) is 5.75 Å². The van der Waals surface area contributed by atoms with Crippen molar-refractivity contribution in [3.8, 4) is 5.75 Å². The highest BCUT2D eigenvalue weighted by Gasteiger charge is 2.30. The Bertz CT molecular complexity index is 531. The first-order chi connectivity index (χ1) is 9.54. The Labute approximate surface area is 115 Å². The van der Waals surface area contributed by atoms with Gasteiger partial charge in [-0.15, -0.1) is 0 Å². The molecule has 108 valence electrons. The number of para-hydroxylation sites is 1. The normalized spacial score (nSPS) is 21.6. The summed E-state index contributed by atoms with van der Waals surface area (Å²) in [5, 5.41) is 23.3. The smallest absolute Gasteiger partial charge is 0.311 e. The standard InChI is InChI=1S/C13H16N2O5/c1-20-11-7-3-5-9(11)14-13(17)8-4-2-6-10(12(8)16)15(18)19/h2,4,6,9,11,16H,3,5,7H2,1H3,(H,14,17)/t9-,11-/m1/s1. The van der Waals surface area contributed by atoms with Gasteiger partial charge in [0.25, 0.3) is 5.91 Å². The van der Waals surface area contributed by atoms with Crippen LogP contribution in [0.25, 0.3) is 0 Å². The predicted molar refractivity (Wildman–Crippen MR) is 70.7 cm³/mol. The van der Waals surface area contributed by atoms with E-state index in [2.05, 4.69) is 5.32 Å². The highest BCUT2D eigenvalue weighted by atomic mass is 16.6. The lowest BCUT2D eigenvalue weighted by Crippen LogP contribution is -2.40. The van der Waals surface area contributed by atoms with Gasteiger partial charge in [-0.05, 0) is 25.3 Å². The van der Waals surface area contributed by atoms with Crippen LogP contribution in [-0.4, -0.2) is 35.2 Å². The van der Waals surface area contributed by atoms with Gasteiger partial charge in [0.05, 0.1) is 22.6 Å². The number of nitrogens with zero attached hydrogens (tertiary/aromatic N) is 1. The van der Waals surface area contributed by atoms with Gasteiger partial charge < -0.3 is 15.2 Å². The van der Waals surface area contributed by atoms with Gasteiger partial charge >= 0.3 is 5.69 Å². The average molecular weight is 280 g/mol. The van der Waals surface area contributed by atoms with Crippen molar-refractivity contribution in [3.05, 3.63) is 33.9 Å². The molecule has 0 aliphatic heterocycles. The molecule has 0 aromatic heterocycles. The fourth-order valence-electron chi connectivity index (χ4n) is 2.48. The second-order valence-corrected chi connectivity index (χ2v) is 4.72. The molecule has 0 spiro atoms. The first-order valence-electron chi connectivity index (χ1n) is 6.34. The maximum Gasteiger partial charge on any atom is 0.311 e. The number of amides is 1. The third kappa shape index (κ3) is 2.72. The van der Waals surface area contributed by atoms with E-state index in [9.17, 15) is 20.0 Å². The van der Waals surface area contributed by atoms with Crippen LogP contribution < -0.4 is 5.32 Å². The minimum atomic E-state index is -0.723. The number of rotatable bonds is 4. The highest BCUT2D eigenvalue weighted by molar-refractivity contribution is 5.98. The molecule has 7 nitrogen and oxygen atoms in total. The topological polar surface area (TPSA) is 102 Å². The third-order valence-electron chi connectivity index (χ3n) is 3.53. The number of hydrogen-bond acceptors (Lipinski definition) is 5. The van der Waals surface area contributed by atoms with E-state index in [1.165, 1.54) is 12.1 Å². The number of carbonyl (C=O) groups excluding carboxylic acids is 1. The molecule has 20 heavy (non-hydrogen) atoms. The molecule has 0 heterocycles. The molecule has 0 bridgehead atoms. The van der Waals surface area contributed by atoms with Crippen molar-refractivity contribution in [2.24, 2.45) is 0 Å². The van der Waals surface area contributed by atoms with E-state index in [-0.39, 0.29) is 17.7 Å². The Morgan fingerprint density at radius 1 is 1.50 bits per heavy atom. The first-order valence-corrected chi connectivity index (χ1v) is 6.34. The van der Waals surface area contributed by atoms with Gasteiger partial charge in [-0.1, -0.05) is 6.07 Å². The van der Waals surface area contributed by atoms with Gasteiger partial charge in [-0.3, -0.25) is 14.9 Å². The number of phenolic OH excluding ortho intramolecular Hbond substituents is 1. The lowest BCUT2D eigenvalue weighted by atomic mass is 10.1. The van der Waals surface area contributed by atoms with Crippen LogP contribution in [0.4, 0.5) is 5.69 Å². The Balaban J connectivity index is 2.17. The van der Waals surface area contributed by atoms with Crippen molar-refractivity contribution in [2.75, 3.05) is 7.11 Å². The lowest BCUT2D eigenvalue weighted by molar-refractivity contribution is -0.385. The van der Waals surface area contributed by atoms with Crippen molar-refractivity contribution < 1.29 is 19.6 Å². The fraction of sp³-hybridized carbons (Fsp3) is 0.462. The Kier molecular flexibility index (Phi) is 4.19. The molecule has 1 aromatic rings. The van der Waals surface area contributed by atoms with Gasteiger partial charge in [0.15, 0.2) is 0 Å². The van der Waals surface area contributed by atoms with Crippen molar-refractivity contribution >= 4 is 11.6 Å². The predicted octanol–water partition coefficient (Wildman–Crippen LogP) is 1.60. The van der Waals surface area contributed by atoms with Gasteiger partial charge in [0, 0.05) is 13.2 Å². The molecule has 2 atom stereocenters. The summed E-state index contributed by atoms with van der Waals surface area (Å²) in [7, 11) is 1.58. The van der Waals surface area contributed by atoms with E-state index in [0.717, 1.165) is 25.3 Å².